The van der Waals surface area contributed by atoms with Crippen LogP contribution in [0.5, 0.6) is 0 Å². The van der Waals surface area contributed by atoms with E-state index in [2.05, 4.69) is 5.10 Å². The molecule has 2 aromatic rings. The van der Waals surface area contributed by atoms with Crippen LogP contribution in [0.1, 0.15) is 17.6 Å². The van der Waals surface area contributed by atoms with Crippen molar-refractivity contribution in [2.75, 3.05) is 0 Å². The van der Waals surface area contributed by atoms with Crippen LogP contribution in [-0.4, -0.2) is 9.78 Å². The van der Waals surface area contributed by atoms with Gasteiger partial charge in [0.1, 0.15) is 0 Å². The zero-order valence-electron chi connectivity index (χ0n) is 9.21. The highest BCUT2D eigenvalue weighted by Crippen LogP contribution is 2.33. The second-order valence-corrected chi connectivity index (χ2v) is 3.77. The quantitative estimate of drug-likeness (QED) is 0.842. The number of hydrogen-bond acceptors (Lipinski definition) is 1. The summed E-state index contributed by atoms with van der Waals surface area (Å²) >= 11 is 0. The van der Waals surface area contributed by atoms with Crippen LogP contribution in [0.2, 0.25) is 0 Å². The number of rotatable bonds is 2. The SMILES string of the molecule is O=c1ccn(-c2cc(C(F)F)cc(C(F)(F)F)c2)[nH]1. The molecule has 0 radical (unpaired) electrons. The van der Waals surface area contributed by atoms with Gasteiger partial charge in [-0.2, -0.15) is 13.2 Å². The predicted molar refractivity (Wildman–Crippen MR) is 56.3 cm³/mol. The summed E-state index contributed by atoms with van der Waals surface area (Å²) in [6.07, 6.45) is -6.62. The Kier molecular flexibility index (Phi) is 3.17. The zero-order valence-corrected chi connectivity index (χ0v) is 9.21. The van der Waals surface area contributed by atoms with Crippen LogP contribution in [0.15, 0.2) is 35.3 Å². The van der Waals surface area contributed by atoms with Gasteiger partial charge in [-0.3, -0.25) is 14.6 Å². The molecule has 0 aliphatic carbocycles. The number of benzene rings is 1. The Morgan fingerprint density at radius 1 is 1.16 bits per heavy atom. The molecule has 0 unspecified atom stereocenters. The van der Waals surface area contributed by atoms with Gasteiger partial charge in [0.05, 0.1) is 11.3 Å². The molecule has 19 heavy (non-hydrogen) atoms. The molecule has 3 nitrogen and oxygen atoms in total. The summed E-state index contributed by atoms with van der Waals surface area (Å²) in [4.78, 5) is 10.9. The number of alkyl halides is 5. The number of hydrogen-bond donors (Lipinski definition) is 1. The first-order valence-corrected chi connectivity index (χ1v) is 5.06. The van der Waals surface area contributed by atoms with E-state index in [0.717, 1.165) is 23.0 Å². The lowest BCUT2D eigenvalue weighted by molar-refractivity contribution is -0.137. The fourth-order valence-corrected chi connectivity index (χ4v) is 1.55. The molecule has 1 aromatic carbocycles. The highest BCUT2D eigenvalue weighted by atomic mass is 19.4. The Labute approximate surface area is 103 Å². The van der Waals surface area contributed by atoms with Crippen molar-refractivity contribution in [1.82, 2.24) is 9.78 Å². The van der Waals surface area contributed by atoms with Crippen molar-refractivity contribution in [2.24, 2.45) is 0 Å². The molecule has 0 saturated heterocycles. The first kappa shape index (κ1) is 13.3. The number of halogens is 5. The first-order chi connectivity index (χ1) is 8.77. The Balaban J connectivity index is 2.61. The van der Waals surface area contributed by atoms with Crippen LogP contribution in [0.25, 0.3) is 5.69 Å². The number of H-pyrrole nitrogens is 1. The van der Waals surface area contributed by atoms with E-state index in [1.807, 2.05) is 0 Å². The average Bonchev–Trinajstić information content (AvgIpc) is 2.74. The topological polar surface area (TPSA) is 37.8 Å². The van der Waals surface area contributed by atoms with Gasteiger partial charge >= 0.3 is 6.18 Å². The molecule has 0 aliphatic rings. The van der Waals surface area contributed by atoms with Crippen LogP contribution >= 0.6 is 0 Å². The van der Waals surface area contributed by atoms with Crippen molar-refractivity contribution in [1.29, 1.82) is 0 Å². The van der Waals surface area contributed by atoms with E-state index in [9.17, 15) is 26.7 Å². The number of aromatic amines is 1. The van der Waals surface area contributed by atoms with Crippen molar-refractivity contribution < 1.29 is 22.0 Å². The molecule has 1 heterocycles. The average molecular weight is 278 g/mol. The Bertz CT molecular complexity index is 641. The molecule has 1 N–H and O–H groups in total. The summed E-state index contributed by atoms with van der Waals surface area (Å²) in [7, 11) is 0. The second-order valence-electron chi connectivity index (χ2n) is 3.77. The monoisotopic (exact) mass is 278 g/mol. The van der Waals surface area contributed by atoms with Crippen LogP contribution in [0, 0.1) is 0 Å². The van der Waals surface area contributed by atoms with Gasteiger partial charge in [0.15, 0.2) is 0 Å². The van der Waals surface area contributed by atoms with Crippen molar-refractivity contribution in [2.45, 2.75) is 12.6 Å². The van der Waals surface area contributed by atoms with Crippen LogP contribution in [-0.2, 0) is 6.18 Å². The molecule has 0 bridgehead atoms. The van der Waals surface area contributed by atoms with E-state index in [1.165, 1.54) is 0 Å². The van der Waals surface area contributed by atoms with Gasteiger partial charge in [-0.15, -0.1) is 0 Å². The summed E-state index contributed by atoms with van der Waals surface area (Å²) in [5.74, 6) is 0. The molecule has 0 spiro atoms. The molecule has 1 aromatic heterocycles. The minimum Gasteiger partial charge on any atom is -0.268 e. The molecule has 0 saturated carbocycles. The summed E-state index contributed by atoms with van der Waals surface area (Å²) in [5.41, 5.74) is -2.70. The standard InChI is InChI=1S/C11H7F5N2O/c12-10(13)6-3-7(11(14,15)16)5-8(4-6)18-2-1-9(19)17-18/h1-5,10H,(H,17,19). The number of aromatic nitrogens is 2. The Hall–Kier alpha value is -2.12. The third kappa shape index (κ3) is 2.83. The van der Waals surface area contributed by atoms with E-state index < -0.39 is 29.3 Å². The summed E-state index contributed by atoms with van der Waals surface area (Å²) < 4.78 is 63.9. The summed E-state index contributed by atoms with van der Waals surface area (Å²) in [6.45, 7) is 0. The maximum Gasteiger partial charge on any atom is 0.416 e. The third-order valence-electron chi connectivity index (χ3n) is 2.40. The lowest BCUT2D eigenvalue weighted by atomic mass is 10.1. The van der Waals surface area contributed by atoms with E-state index in [1.54, 1.807) is 0 Å². The molecule has 0 fully saturated rings. The Morgan fingerprint density at radius 2 is 1.84 bits per heavy atom. The van der Waals surface area contributed by atoms with Gasteiger partial charge < -0.3 is 0 Å². The van der Waals surface area contributed by atoms with Crippen LogP contribution in [0.4, 0.5) is 22.0 Å². The fraction of sp³-hybridized carbons (Fsp3) is 0.182. The van der Waals surface area contributed by atoms with E-state index >= 15 is 0 Å². The molecule has 2 rings (SSSR count). The van der Waals surface area contributed by atoms with E-state index in [4.69, 9.17) is 0 Å². The maximum absolute atomic E-state index is 12.6. The molecule has 0 atom stereocenters. The molecular weight excluding hydrogens is 271 g/mol. The van der Waals surface area contributed by atoms with Gasteiger partial charge in [-0.25, -0.2) is 8.78 Å². The highest BCUT2D eigenvalue weighted by Gasteiger charge is 2.32. The first-order valence-electron chi connectivity index (χ1n) is 5.06. The van der Waals surface area contributed by atoms with Gasteiger partial charge in [0.2, 0.25) is 0 Å². The van der Waals surface area contributed by atoms with Crippen LogP contribution < -0.4 is 5.56 Å². The van der Waals surface area contributed by atoms with Crippen molar-refractivity contribution >= 4 is 0 Å². The van der Waals surface area contributed by atoms with Crippen molar-refractivity contribution in [3.63, 3.8) is 0 Å². The molecule has 0 amide bonds. The van der Waals surface area contributed by atoms with Crippen molar-refractivity contribution in [3.8, 4) is 5.69 Å². The highest BCUT2D eigenvalue weighted by molar-refractivity contribution is 5.41. The van der Waals surface area contributed by atoms with Gasteiger partial charge in [0, 0.05) is 17.8 Å². The second kappa shape index (κ2) is 4.52. The van der Waals surface area contributed by atoms with Crippen molar-refractivity contribution in [3.05, 3.63) is 51.9 Å². The minimum atomic E-state index is -4.74. The predicted octanol–water partition coefficient (Wildman–Crippen LogP) is 3.12. The largest absolute Gasteiger partial charge is 0.416 e. The van der Waals surface area contributed by atoms with Gasteiger partial charge in [-0.05, 0) is 18.2 Å². The zero-order chi connectivity index (χ0) is 14.2. The fourth-order valence-electron chi connectivity index (χ4n) is 1.55. The maximum atomic E-state index is 12.6. The minimum absolute atomic E-state index is 0.188. The molecular formula is C11H7F5N2O. The lowest BCUT2D eigenvalue weighted by Crippen LogP contribution is -2.09. The summed E-state index contributed by atoms with van der Waals surface area (Å²) in [6, 6.07) is 3.02. The number of nitrogens with zero attached hydrogens (tertiary/aromatic N) is 1. The number of nitrogens with one attached hydrogen (secondary N) is 1. The molecule has 102 valence electrons. The molecule has 8 heteroatoms. The van der Waals surface area contributed by atoms with Gasteiger partial charge in [0.25, 0.3) is 12.0 Å². The van der Waals surface area contributed by atoms with E-state index in [0.29, 0.717) is 12.1 Å². The summed E-state index contributed by atoms with van der Waals surface area (Å²) in [5, 5.41) is 2.19. The third-order valence-corrected chi connectivity index (χ3v) is 2.40. The smallest absolute Gasteiger partial charge is 0.268 e. The van der Waals surface area contributed by atoms with Crippen LogP contribution in [0.3, 0.4) is 0 Å². The van der Waals surface area contributed by atoms with Gasteiger partial charge in [-0.1, -0.05) is 0 Å². The molecule has 0 aliphatic heterocycles. The lowest BCUT2D eigenvalue weighted by Gasteiger charge is -2.12. The van der Waals surface area contributed by atoms with E-state index in [-0.39, 0.29) is 5.69 Å². The Morgan fingerprint density at radius 3 is 2.32 bits per heavy atom. The normalized spacial score (nSPS) is 12.1.